The summed E-state index contributed by atoms with van der Waals surface area (Å²) in [7, 11) is -3.89. The molecule has 0 bridgehead atoms. The Labute approximate surface area is 123 Å². The summed E-state index contributed by atoms with van der Waals surface area (Å²) in [6, 6.07) is 3.43. The molecule has 1 unspecified atom stereocenters. The van der Waals surface area contributed by atoms with Crippen LogP contribution in [0.1, 0.15) is 19.8 Å². The quantitative estimate of drug-likeness (QED) is 0.604. The molecule has 1 aromatic carbocycles. The van der Waals surface area contributed by atoms with Gasteiger partial charge in [-0.05, 0) is 37.1 Å². The Kier molecular flexibility index (Phi) is 6.73. The van der Waals surface area contributed by atoms with Crippen molar-refractivity contribution in [3.8, 4) is 0 Å². The standard InChI is InChI=1S/C13H19FN2O4S/c1-2-12(13(18)15-8-3-9-17)16-21(19,20)11-6-4-10(14)5-7-11/h4-7,12,16-17H,2-3,8-9H2,1H3,(H,15,18). The van der Waals surface area contributed by atoms with Crippen molar-refractivity contribution in [1.29, 1.82) is 0 Å². The zero-order valence-corrected chi connectivity index (χ0v) is 12.5. The number of rotatable bonds is 8. The number of aliphatic hydroxyl groups excluding tert-OH is 1. The second-order valence-corrected chi connectivity index (χ2v) is 6.12. The van der Waals surface area contributed by atoms with E-state index in [1.54, 1.807) is 6.92 Å². The van der Waals surface area contributed by atoms with Gasteiger partial charge < -0.3 is 10.4 Å². The van der Waals surface area contributed by atoms with Crippen molar-refractivity contribution in [1.82, 2.24) is 10.0 Å². The van der Waals surface area contributed by atoms with Crippen molar-refractivity contribution in [2.75, 3.05) is 13.2 Å². The molecule has 1 rings (SSSR count). The van der Waals surface area contributed by atoms with Gasteiger partial charge in [-0.3, -0.25) is 4.79 Å². The molecule has 0 spiro atoms. The van der Waals surface area contributed by atoms with E-state index in [0.29, 0.717) is 6.42 Å². The first kappa shape index (κ1) is 17.5. The van der Waals surface area contributed by atoms with Crippen molar-refractivity contribution in [2.45, 2.75) is 30.7 Å². The number of hydrogen-bond donors (Lipinski definition) is 3. The van der Waals surface area contributed by atoms with E-state index in [1.807, 2.05) is 0 Å². The first-order valence-electron chi connectivity index (χ1n) is 6.57. The third kappa shape index (κ3) is 5.41. The molecule has 0 heterocycles. The van der Waals surface area contributed by atoms with Gasteiger partial charge in [0, 0.05) is 13.2 Å². The smallest absolute Gasteiger partial charge is 0.241 e. The molecule has 118 valence electrons. The Morgan fingerprint density at radius 2 is 1.95 bits per heavy atom. The summed E-state index contributed by atoms with van der Waals surface area (Å²) < 4.78 is 39.3. The molecule has 1 amide bonds. The lowest BCUT2D eigenvalue weighted by Gasteiger charge is -2.16. The highest BCUT2D eigenvalue weighted by atomic mass is 32.2. The van der Waals surface area contributed by atoms with Gasteiger partial charge in [-0.2, -0.15) is 4.72 Å². The molecule has 0 radical (unpaired) electrons. The fourth-order valence-electron chi connectivity index (χ4n) is 1.61. The highest BCUT2D eigenvalue weighted by molar-refractivity contribution is 7.89. The Morgan fingerprint density at radius 3 is 2.48 bits per heavy atom. The number of aliphatic hydroxyl groups is 1. The van der Waals surface area contributed by atoms with Crippen LogP contribution in [0, 0.1) is 5.82 Å². The van der Waals surface area contributed by atoms with Crippen molar-refractivity contribution in [3.05, 3.63) is 30.1 Å². The summed E-state index contributed by atoms with van der Waals surface area (Å²) in [5.74, 6) is -1.00. The minimum atomic E-state index is -3.89. The minimum absolute atomic E-state index is 0.0572. The molecule has 0 aliphatic carbocycles. The zero-order chi connectivity index (χ0) is 15.9. The van der Waals surface area contributed by atoms with Gasteiger partial charge >= 0.3 is 0 Å². The van der Waals surface area contributed by atoms with E-state index < -0.39 is 27.8 Å². The van der Waals surface area contributed by atoms with E-state index in [-0.39, 0.29) is 24.5 Å². The molecule has 0 aliphatic heterocycles. The maximum atomic E-state index is 12.8. The average Bonchev–Trinajstić information content (AvgIpc) is 2.45. The lowest BCUT2D eigenvalue weighted by atomic mass is 10.2. The van der Waals surface area contributed by atoms with Gasteiger partial charge in [0.15, 0.2) is 0 Å². The molecule has 0 fully saturated rings. The van der Waals surface area contributed by atoms with Crippen LogP contribution >= 0.6 is 0 Å². The number of sulfonamides is 1. The predicted molar refractivity (Wildman–Crippen MR) is 75.5 cm³/mol. The number of carbonyl (C=O) groups is 1. The maximum absolute atomic E-state index is 12.8. The highest BCUT2D eigenvalue weighted by Gasteiger charge is 2.24. The zero-order valence-electron chi connectivity index (χ0n) is 11.7. The number of hydrogen-bond acceptors (Lipinski definition) is 4. The molecular formula is C13H19FN2O4S. The van der Waals surface area contributed by atoms with E-state index in [0.717, 1.165) is 24.3 Å². The summed E-state index contributed by atoms with van der Waals surface area (Å²) in [6.07, 6.45) is 0.665. The maximum Gasteiger partial charge on any atom is 0.241 e. The molecular weight excluding hydrogens is 299 g/mol. The van der Waals surface area contributed by atoms with Gasteiger partial charge in [0.25, 0.3) is 0 Å². The van der Waals surface area contributed by atoms with Crippen molar-refractivity contribution >= 4 is 15.9 Å². The molecule has 0 saturated carbocycles. The monoisotopic (exact) mass is 318 g/mol. The molecule has 8 heteroatoms. The number of carbonyl (C=O) groups excluding carboxylic acids is 1. The van der Waals surface area contributed by atoms with Gasteiger partial charge in [-0.25, -0.2) is 12.8 Å². The van der Waals surface area contributed by atoms with Crippen molar-refractivity contribution in [2.24, 2.45) is 0 Å². The van der Waals surface area contributed by atoms with Gasteiger partial charge in [0.05, 0.1) is 4.90 Å². The molecule has 6 nitrogen and oxygen atoms in total. The van der Waals surface area contributed by atoms with Crippen LogP contribution < -0.4 is 10.0 Å². The summed E-state index contributed by atoms with van der Waals surface area (Å²) >= 11 is 0. The molecule has 1 aromatic rings. The van der Waals surface area contributed by atoms with Crippen molar-refractivity contribution in [3.63, 3.8) is 0 Å². The summed E-state index contributed by atoms with van der Waals surface area (Å²) in [4.78, 5) is 11.7. The van der Waals surface area contributed by atoms with Crippen LogP contribution in [0.15, 0.2) is 29.2 Å². The third-order valence-electron chi connectivity index (χ3n) is 2.78. The molecule has 1 atom stereocenters. The van der Waals surface area contributed by atoms with Crippen molar-refractivity contribution < 1.29 is 22.7 Å². The topological polar surface area (TPSA) is 95.5 Å². The first-order chi connectivity index (χ1) is 9.90. The number of benzene rings is 1. The lowest BCUT2D eigenvalue weighted by Crippen LogP contribution is -2.46. The highest BCUT2D eigenvalue weighted by Crippen LogP contribution is 2.11. The van der Waals surface area contributed by atoms with Crippen LogP contribution in [0.25, 0.3) is 0 Å². The molecule has 21 heavy (non-hydrogen) atoms. The van der Waals surface area contributed by atoms with Gasteiger partial charge in [0.1, 0.15) is 11.9 Å². The summed E-state index contributed by atoms with van der Waals surface area (Å²) in [6.45, 7) is 1.88. The second-order valence-electron chi connectivity index (χ2n) is 4.40. The van der Waals surface area contributed by atoms with Crippen LogP contribution in [0.4, 0.5) is 4.39 Å². The Hall–Kier alpha value is -1.51. The van der Waals surface area contributed by atoms with E-state index in [1.165, 1.54) is 0 Å². The fourth-order valence-corrected chi connectivity index (χ4v) is 2.88. The van der Waals surface area contributed by atoms with Gasteiger partial charge in [0.2, 0.25) is 15.9 Å². The SMILES string of the molecule is CCC(NS(=O)(=O)c1ccc(F)cc1)C(=O)NCCCO. The first-order valence-corrected chi connectivity index (χ1v) is 8.05. The summed E-state index contributed by atoms with van der Waals surface area (Å²) in [5, 5.41) is 11.2. The van der Waals surface area contributed by atoms with Gasteiger partial charge in [-0.1, -0.05) is 6.92 Å². The number of amides is 1. The Morgan fingerprint density at radius 1 is 1.33 bits per heavy atom. The van der Waals surface area contributed by atoms with Crippen LogP contribution in [0.3, 0.4) is 0 Å². The number of halogens is 1. The predicted octanol–water partition coefficient (Wildman–Crippen LogP) is 0.381. The van der Waals surface area contributed by atoms with E-state index >= 15 is 0 Å². The lowest BCUT2D eigenvalue weighted by molar-refractivity contribution is -0.122. The van der Waals surface area contributed by atoms with Crippen LogP contribution in [0.2, 0.25) is 0 Å². The van der Waals surface area contributed by atoms with E-state index in [4.69, 9.17) is 5.11 Å². The molecule has 0 saturated heterocycles. The van der Waals surface area contributed by atoms with Crippen LogP contribution in [-0.2, 0) is 14.8 Å². The largest absolute Gasteiger partial charge is 0.396 e. The summed E-state index contributed by atoms with van der Waals surface area (Å²) in [5.41, 5.74) is 0. The molecule has 0 aromatic heterocycles. The average molecular weight is 318 g/mol. The number of nitrogens with one attached hydrogen (secondary N) is 2. The molecule has 0 aliphatic rings. The second kappa shape index (κ2) is 8.06. The van der Waals surface area contributed by atoms with Crippen LogP contribution in [-0.4, -0.2) is 38.6 Å². The minimum Gasteiger partial charge on any atom is -0.396 e. The fraction of sp³-hybridized carbons (Fsp3) is 0.462. The van der Waals surface area contributed by atoms with E-state index in [9.17, 15) is 17.6 Å². The third-order valence-corrected chi connectivity index (χ3v) is 4.27. The normalized spacial score (nSPS) is 12.9. The Balaban J connectivity index is 2.75. The van der Waals surface area contributed by atoms with Gasteiger partial charge in [-0.15, -0.1) is 0 Å². The van der Waals surface area contributed by atoms with Crippen LogP contribution in [0.5, 0.6) is 0 Å². The molecule has 3 N–H and O–H groups in total. The van der Waals surface area contributed by atoms with E-state index in [2.05, 4.69) is 10.0 Å². The Bertz CT molecular complexity index is 560.